The lowest BCUT2D eigenvalue weighted by Gasteiger charge is -2.32. The second-order valence-corrected chi connectivity index (χ2v) is 7.61. The first-order chi connectivity index (χ1) is 14.1. The Bertz CT molecular complexity index is 1150. The molecule has 1 aromatic carbocycles. The van der Waals surface area contributed by atoms with Crippen LogP contribution in [0.25, 0.3) is 10.9 Å². The quantitative estimate of drug-likeness (QED) is 0.682. The lowest BCUT2D eigenvalue weighted by molar-refractivity contribution is 0.0712. The van der Waals surface area contributed by atoms with Crippen LogP contribution in [0.2, 0.25) is 0 Å². The molecule has 2 aromatic heterocycles. The molecule has 1 amide bonds. The van der Waals surface area contributed by atoms with Crippen molar-refractivity contribution < 1.29 is 9.18 Å². The molecular formula is C20H21FN6O2. The van der Waals surface area contributed by atoms with Crippen LogP contribution < -0.4 is 10.9 Å². The molecule has 4 heterocycles. The van der Waals surface area contributed by atoms with E-state index < -0.39 is 5.82 Å². The van der Waals surface area contributed by atoms with E-state index in [4.69, 9.17) is 0 Å². The molecule has 29 heavy (non-hydrogen) atoms. The number of halogens is 1. The standard InChI is InChI=1S/C20H21FN6O2/c21-13-1-2-16-14(9-13)15(10-18(28)23-16)20(29)26-6-3-12(4-7-26)19-25-24-17-11-22-5-8-27(17)19/h1-2,9-10,12,22H,3-8,11H2,(H,23,28). The van der Waals surface area contributed by atoms with Crippen LogP contribution in [0.5, 0.6) is 0 Å². The summed E-state index contributed by atoms with van der Waals surface area (Å²) in [7, 11) is 0. The van der Waals surface area contributed by atoms with E-state index in [-0.39, 0.29) is 22.9 Å². The average molecular weight is 396 g/mol. The predicted octanol–water partition coefficient (Wildman–Crippen LogP) is 1.38. The van der Waals surface area contributed by atoms with Gasteiger partial charge in [-0.1, -0.05) is 0 Å². The largest absolute Gasteiger partial charge is 0.339 e. The van der Waals surface area contributed by atoms with Crippen LogP contribution in [0.3, 0.4) is 0 Å². The average Bonchev–Trinajstić information content (AvgIpc) is 3.17. The van der Waals surface area contributed by atoms with Crippen LogP contribution in [-0.4, -0.2) is 50.2 Å². The summed E-state index contributed by atoms with van der Waals surface area (Å²) >= 11 is 0. The summed E-state index contributed by atoms with van der Waals surface area (Å²) in [6, 6.07) is 5.31. The molecule has 0 atom stereocenters. The van der Waals surface area contributed by atoms with Crippen LogP contribution in [-0.2, 0) is 13.1 Å². The molecule has 0 spiro atoms. The summed E-state index contributed by atoms with van der Waals surface area (Å²) in [5.41, 5.74) is 0.333. The van der Waals surface area contributed by atoms with Gasteiger partial charge in [-0.2, -0.15) is 0 Å². The van der Waals surface area contributed by atoms with Crippen molar-refractivity contribution in [1.29, 1.82) is 0 Å². The number of amides is 1. The fourth-order valence-corrected chi connectivity index (χ4v) is 4.33. The molecule has 5 rings (SSSR count). The monoisotopic (exact) mass is 396 g/mol. The molecule has 0 saturated carbocycles. The van der Waals surface area contributed by atoms with Gasteiger partial charge in [0.25, 0.3) is 5.91 Å². The Kier molecular flexibility index (Phi) is 4.39. The van der Waals surface area contributed by atoms with E-state index in [1.165, 1.54) is 24.3 Å². The maximum Gasteiger partial charge on any atom is 0.254 e. The maximum absolute atomic E-state index is 13.7. The van der Waals surface area contributed by atoms with E-state index in [1.54, 1.807) is 4.90 Å². The third kappa shape index (κ3) is 3.21. The Morgan fingerprint density at radius 2 is 1.97 bits per heavy atom. The topological polar surface area (TPSA) is 95.9 Å². The van der Waals surface area contributed by atoms with Gasteiger partial charge in [0.2, 0.25) is 5.56 Å². The van der Waals surface area contributed by atoms with Gasteiger partial charge in [-0.3, -0.25) is 9.59 Å². The van der Waals surface area contributed by atoms with E-state index in [0.717, 1.165) is 44.1 Å². The fraction of sp³-hybridized carbons (Fsp3) is 0.400. The molecular weight excluding hydrogens is 375 g/mol. The number of hydrogen-bond donors (Lipinski definition) is 2. The molecule has 0 radical (unpaired) electrons. The van der Waals surface area contributed by atoms with Gasteiger partial charge in [-0.15, -0.1) is 10.2 Å². The zero-order chi connectivity index (χ0) is 20.0. The molecule has 2 aliphatic rings. The third-order valence-corrected chi connectivity index (χ3v) is 5.83. The van der Waals surface area contributed by atoms with Crippen LogP contribution >= 0.6 is 0 Å². The molecule has 3 aromatic rings. The Hall–Kier alpha value is -3.07. The van der Waals surface area contributed by atoms with Gasteiger partial charge >= 0.3 is 0 Å². The summed E-state index contributed by atoms with van der Waals surface area (Å²) in [5, 5.41) is 12.4. The summed E-state index contributed by atoms with van der Waals surface area (Å²) in [5.74, 6) is 1.53. The number of nitrogens with one attached hydrogen (secondary N) is 2. The van der Waals surface area contributed by atoms with Crippen molar-refractivity contribution in [3.63, 3.8) is 0 Å². The Morgan fingerprint density at radius 3 is 2.79 bits per heavy atom. The molecule has 1 saturated heterocycles. The molecule has 1 fully saturated rings. The highest BCUT2D eigenvalue weighted by Gasteiger charge is 2.29. The number of benzene rings is 1. The lowest BCUT2D eigenvalue weighted by Crippen LogP contribution is -2.39. The van der Waals surface area contributed by atoms with Crippen molar-refractivity contribution in [3.05, 3.63) is 57.6 Å². The molecule has 0 bridgehead atoms. The molecule has 2 N–H and O–H groups in total. The molecule has 0 aliphatic carbocycles. The van der Waals surface area contributed by atoms with Gasteiger partial charge in [0, 0.05) is 49.1 Å². The predicted molar refractivity (Wildman–Crippen MR) is 104 cm³/mol. The first-order valence-electron chi connectivity index (χ1n) is 9.85. The van der Waals surface area contributed by atoms with Crippen LogP contribution in [0, 0.1) is 5.82 Å². The van der Waals surface area contributed by atoms with Gasteiger partial charge in [0.05, 0.1) is 12.1 Å². The van der Waals surface area contributed by atoms with E-state index in [9.17, 15) is 14.0 Å². The zero-order valence-electron chi connectivity index (χ0n) is 15.8. The first kappa shape index (κ1) is 18.0. The number of rotatable bonds is 2. The fourth-order valence-electron chi connectivity index (χ4n) is 4.33. The number of aromatic amines is 1. The minimum atomic E-state index is -0.441. The summed E-state index contributed by atoms with van der Waals surface area (Å²) < 4.78 is 15.9. The second kappa shape index (κ2) is 7.07. The van der Waals surface area contributed by atoms with Gasteiger partial charge in [-0.25, -0.2) is 4.39 Å². The molecule has 0 unspecified atom stereocenters. The number of aromatic nitrogens is 4. The van der Waals surface area contributed by atoms with E-state index >= 15 is 0 Å². The molecule has 9 heteroatoms. The highest BCUT2D eigenvalue weighted by atomic mass is 19.1. The van der Waals surface area contributed by atoms with Crippen LogP contribution in [0.15, 0.2) is 29.1 Å². The smallest absolute Gasteiger partial charge is 0.254 e. The Balaban J connectivity index is 1.37. The number of nitrogens with zero attached hydrogens (tertiary/aromatic N) is 4. The van der Waals surface area contributed by atoms with E-state index in [1.807, 2.05) is 0 Å². The number of H-pyrrole nitrogens is 1. The van der Waals surface area contributed by atoms with Crippen molar-refractivity contribution in [1.82, 2.24) is 30.0 Å². The highest BCUT2D eigenvalue weighted by molar-refractivity contribution is 6.06. The van der Waals surface area contributed by atoms with Crippen LogP contribution in [0.4, 0.5) is 4.39 Å². The molecule has 2 aliphatic heterocycles. The van der Waals surface area contributed by atoms with Crippen molar-refractivity contribution >= 4 is 16.8 Å². The molecule has 150 valence electrons. The number of hydrogen-bond acceptors (Lipinski definition) is 5. The van der Waals surface area contributed by atoms with Gasteiger partial charge in [-0.05, 0) is 31.0 Å². The number of pyridine rings is 1. The summed E-state index contributed by atoms with van der Waals surface area (Å²) in [6.45, 7) is 3.63. The minimum Gasteiger partial charge on any atom is -0.339 e. The van der Waals surface area contributed by atoms with Crippen LogP contribution in [0.1, 0.15) is 40.8 Å². The first-order valence-corrected chi connectivity index (χ1v) is 9.85. The van der Waals surface area contributed by atoms with E-state index in [0.29, 0.717) is 24.0 Å². The molecule has 8 nitrogen and oxygen atoms in total. The normalized spacial score (nSPS) is 17.5. The van der Waals surface area contributed by atoms with Crippen molar-refractivity contribution in [3.8, 4) is 0 Å². The van der Waals surface area contributed by atoms with Crippen molar-refractivity contribution in [2.75, 3.05) is 19.6 Å². The number of likely N-dealkylation sites (tertiary alicyclic amines) is 1. The third-order valence-electron chi connectivity index (χ3n) is 5.83. The summed E-state index contributed by atoms with van der Waals surface area (Å²) in [4.78, 5) is 29.5. The van der Waals surface area contributed by atoms with Crippen molar-refractivity contribution in [2.24, 2.45) is 0 Å². The SMILES string of the molecule is O=C(c1cc(=O)[nH]c2ccc(F)cc12)N1CCC(c2nnc3n2CCNC3)CC1. The number of carbonyl (C=O) groups is 1. The number of fused-ring (bicyclic) bond motifs is 2. The van der Waals surface area contributed by atoms with Gasteiger partial charge in [0.15, 0.2) is 0 Å². The van der Waals surface area contributed by atoms with E-state index in [2.05, 4.69) is 25.1 Å². The maximum atomic E-state index is 13.7. The number of piperidine rings is 1. The number of carbonyl (C=O) groups excluding carboxylic acids is 1. The van der Waals surface area contributed by atoms with Crippen molar-refractivity contribution in [2.45, 2.75) is 31.8 Å². The van der Waals surface area contributed by atoms with Gasteiger partial charge in [0.1, 0.15) is 17.5 Å². The zero-order valence-corrected chi connectivity index (χ0v) is 15.8. The highest BCUT2D eigenvalue weighted by Crippen LogP contribution is 2.29. The lowest BCUT2D eigenvalue weighted by atomic mass is 9.95. The minimum absolute atomic E-state index is 0.238. The summed E-state index contributed by atoms with van der Waals surface area (Å²) in [6.07, 6.45) is 1.57. The Morgan fingerprint density at radius 1 is 1.14 bits per heavy atom. The second-order valence-electron chi connectivity index (χ2n) is 7.61. The van der Waals surface area contributed by atoms with Gasteiger partial charge < -0.3 is 19.8 Å². The Labute approximate surface area is 165 Å².